The summed E-state index contributed by atoms with van der Waals surface area (Å²) in [5.41, 5.74) is 1.26. The predicted octanol–water partition coefficient (Wildman–Crippen LogP) is 1.32. The molecule has 152 valence electrons. The quantitative estimate of drug-likeness (QED) is 0.388. The van der Waals surface area contributed by atoms with Crippen LogP contribution in [-0.4, -0.2) is 49.7 Å². The van der Waals surface area contributed by atoms with E-state index in [4.69, 9.17) is 19.0 Å². The number of hydrogen-bond acceptors (Lipinski definition) is 8. The van der Waals surface area contributed by atoms with Crippen molar-refractivity contribution in [2.45, 2.75) is 33.2 Å². The number of benzene rings is 1. The summed E-state index contributed by atoms with van der Waals surface area (Å²) < 4.78 is 15.2. The highest BCUT2D eigenvalue weighted by Crippen LogP contribution is 2.32. The molecule has 2 rings (SSSR count). The molecule has 1 atom stereocenters. The molecule has 3 amide bonds. The van der Waals surface area contributed by atoms with Gasteiger partial charge in [0, 0.05) is 11.6 Å². The van der Waals surface area contributed by atoms with E-state index >= 15 is 0 Å². The van der Waals surface area contributed by atoms with Gasteiger partial charge in [-0.2, -0.15) is 0 Å². The zero-order valence-corrected chi connectivity index (χ0v) is 15.9. The molecule has 0 saturated heterocycles. The van der Waals surface area contributed by atoms with Crippen LogP contribution in [0.2, 0.25) is 0 Å². The zero-order chi connectivity index (χ0) is 20.5. The van der Waals surface area contributed by atoms with Crippen LogP contribution in [0.4, 0.5) is 4.79 Å². The van der Waals surface area contributed by atoms with Crippen molar-refractivity contribution in [2.24, 2.45) is 5.16 Å². The fourth-order valence-electron chi connectivity index (χ4n) is 2.07. The minimum atomic E-state index is -0.792. The molecule has 0 fully saturated rings. The summed E-state index contributed by atoms with van der Waals surface area (Å²) in [5, 5.41) is 8.45. The van der Waals surface area contributed by atoms with E-state index in [1.54, 1.807) is 32.0 Å². The van der Waals surface area contributed by atoms with E-state index in [2.05, 4.69) is 15.8 Å². The number of nitrogens with one attached hydrogen (secondary N) is 2. The number of oxime groups is 1. The number of rotatable bonds is 8. The van der Waals surface area contributed by atoms with Crippen molar-refractivity contribution in [1.82, 2.24) is 10.6 Å². The molecule has 1 aromatic rings. The Labute approximate surface area is 162 Å². The lowest BCUT2D eigenvalue weighted by Gasteiger charge is -2.11. The minimum Gasteiger partial charge on any atom is -0.454 e. The van der Waals surface area contributed by atoms with Crippen LogP contribution in [0.25, 0.3) is 0 Å². The number of urea groups is 1. The van der Waals surface area contributed by atoms with E-state index in [0.29, 0.717) is 17.2 Å². The zero-order valence-electron chi connectivity index (χ0n) is 15.9. The summed E-state index contributed by atoms with van der Waals surface area (Å²) >= 11 is 0. The third-order valence-electron chi connectivity index (χ3n) is 3.78. The van der Waals surface area contributed by atoms with Crippen molar-refractivity contribution in [2.75, 3.05) is 20.0 Å². The Morgan fingerprint density at radius 1 is 1.21 bits per heavy atom. The van der Waals surface area contributed by atoms with E-state index in [1.165, 1.54) is 0 Å². The molecule has 0 unspecified atom stereocenters. The topological polar surface area (TPSA) is 125 Å². The molecular formula is C18H23N3O7. The lowest BCUT2D eigenvalue weighted by atomic mass is 10.1. The molecule has 10 heteroatoms. The molecule has 0 aliphatic carbocycles. The van der Waals surface area contributed by atoms with Gasteiger partial charge in [0.1, 0.15) is 0 Å². The predicted molar refractivity (Wildman–Crippen MR) is 98.1 cm³/mol. The van der Waals surface area contributed by atoms with E-state index < -0.39 is 31.1 Å². The Bertz CT molecular complexity index is 764. The van der Waals surface area contributed by atoms with Crippen molar-refractivity contribution < 1.29 is 33.4 Å². The summed E-state index contributed by atoms with van der Waals surface area (Å²) in [6, 6.07) is 4.56. The fourth-order valence-corrected chi connectivity index (χ4v) is 2.07. The molecule has 0 bridgehead atoms. The summed E-state index contributed by atoms with van der Waals surface area (Å²) in [6.07, 6.45) is 0.722. The van der Waals surface area contributed by atoms with Crippen molar-refractivity contribution >= 4 is 23.6 Å². The van der Waals surface area contributed by atoms with Crippen LogP contribution in [-0.2, 0) is 19.2 Å². The summed E-state index contributed by atoms with van der Waals surface area (Å²) in [4.78, 5) is 39.6. The Morgan fingerprint density at radius 3 is 2.71 bits per heavy atom. The monoisotopic (exact) mass is 393 g/mol. The van der Waals surface area contributed by atoms with Gasteiger partial charge >= 0.3 is 12.0 Å². The summed E-state index contributed by atoms with van der Waals surface area (Å²) in [6.45, 7) is 4.49. The number of esters is 1. The molecule has 0 radical (unpaired) electrons. The average molecular weight is 393 g/mol. The first-order valence-electron chi connectivity index (χ1n) is 8.71. The van der Waals surface area contributed by atoms with Crippen molar-refractivity contribution in [3.05, 3.63) is 23.8 Å². The normalized spacial score (nSPS) is 13.5. The van der Waals surface area contributed by atoms with E-state index in [9.17, 15) is 14.4 Å². The second-order valence-electron chi connectivity index (χ2n) is 6.01. The number of amides is 3. The highest BCUT2D eigenvalue weighted by Gasteiger charge is 2.15. The fraction of sp³-hybridized carbons (Fsp3) is 0.444. The van der Waals surface area contributed by atoms with Crippen LogP contribution < -0.4 is 20.1 Å². The van der Waals surface area contributed by atoms with Crippen molar-refractivity contribution in [3.63, 3.8) is 0 Å². The molecular weight excluding hydrogens is 370 g/mol. The van der Waals surface area contributed by atoms with Crippen LogP contribution in [0.15, 0.2) is 23.4 Å². The second-order valence-corrected chi connectivity index (χ2v) is 6.01. The molecule has 28 heavy (non-hydrogen) atoms. The SMILES string of the molecule is CC[C@H](C)NC(=O)NC(=O)COC(=O)CO/N=C(/C)c1ccc2c(c1)OCO2. The maximum Gasteiger partial charge on any atom is 0.347 e. The second kappa shape index (κ2) is 10.1. The molecule has 0 saturated carbocycles. The first-order valence-corrected chi connectivity index (χ1v) is 8.71. The van der Waals surface area contributed by atoms with Crippen LogP contribution in [0.5, 0.6) is 11.5 Å². The summed E-state index contributed by atoms with van der Waals surface area (Å²) in [5.74, 6) is -0.277. The van der Waals surface area contributed by atoms with E-state index in [0.717, 1.165) is 12.0 Å². The molecule has 1 aromatic carbocycles. The molecule has 1 aliphatic heterocycles. The third-order valence-corrected chi connectivity index (χ3v) is 3.78. The highest BCUT2D eigenvalue weighted by atomic mass is 16.7. The van der Waals surface area contributed by atoms with Gasteiger partial charge in [-0.15, -0.1) is 0 Å². The van der Waals surface area contributed by atoms with Gasteiger partial charge in [0.15, 0.2) is 18.1 Å². The first-order chi connectivity index (χ1) is 13.4. The molecule has 0 spiro atoms. The Morgan fingerprint density at radius 2 is 1.96 bits per heavy atom. The van der Waals surface area contributed by atoms with Gasteiger partial charge in [0.25, 0.3) is 5.91 Å². The number of imide groups is 1. The summed E-state index contributed by atoms with van der Waals surface area (Å²) in [7, 11) is 0. The minimum absolute atomic E-state index is 0.0744. The Balaban J connectivity index is 1.70. The molecule has 2 N–H and O–H groups in total. The van der Waals surface area contributed by atoms with E-state index in [1.807, 2.05) is 6.92 Å². The lowest BCUT2D eigenvalue weighted by Crippen LogP contribution is -2.44. The number of fused-ring (bicyclic) bond motifs is 1. The standard InChI is InChI=1S/C18H23N3O7/c1-4-11(2)19-18(24)20-16(22)8-25-17(23)9-28-21-12(3)13-5-6-14-15(7-13)27-10-26-14/h5-7,11H,4,8-10H2,1-3H3,(H2,19,20,22,24)/b21-12-/t11-/m0/s1. The molecule has 0 aromatic heterocycles. The Hall–Kier alpha value is -3.30. The van der Waals surface area contributed by atoms with Gasteiger partial charge in [0.05, 0.1) is 5.71 Å². The molecule has 1 aliphatic rings. The Kier molecular flexibility index (Phi) is 7.61. The maximum absolute atomic E-state index is 11.6. The smallest absolute Gasteiger partial charge is 0.347 e. The number of hydrogen-bond donors (Lipinski definition) is 2. The number of carbonyl (C=O) groups is 3. The van der Waals surface area contributed by atoms with Crippen LogP contribution in [0.1, 0.15) is 32.8 Å². The van der Waals surface area contributed by atoms with Gasteiger partial charge in [-0.25, -0.2) is 9.59 Å². The van der Waals surface area contributed by atoms with E-state index in [-0.39, 0.29) is 12.8 Å². The molecule has 10 nitrogen and oxygen atoms in total. The lowest BCUT2D eigenvalue weighted by molar-refractivity contribution is -0.152. The number of carbonyl (C=O) groups excluding carboxylic acids is 3. The van der Waals surface area contributed by atoms with Crippen molar-refractivity contribution in [3.8, 4) is 11.5 Å². The maximum atomic E-state index is 11.6. The highest BCUT2D eigenvalue weighted by molar-refractivity contribution is 5.99. The van der Waals surface area contributed by atoms with Crippen LogP contribution in [0, 0.1) is 0 Å². The average Bonchev–Trinajstić information content (AvgIpc) is 3.13. The van der Waals surface area contributed by atoms with Crippen molar-refractivity contribution in [1.29, 1.82) is 0 Å². The van der Waals surface area contributed by atoms with Crippen LogP contribution in [0.3, 0.4) is 0 Å². The number of nitrogens with zero attached hydrogens (tertiary/aromatic N) is 1. The number of ether oxygens (including phenoxy) is 3. The van der Waals surface area contributed by atoms with Gasteiger partial charge in [0.2, 0.25) is 13.4 Å². The van der Waals surface area contributed by atoms with Gasteiger partial charge < -0.3 is 24.4 Å². The van der Waals surface area contributed by atoms with Gasteiger partial charge in [-0.05, 0) is 38.5 Å². The van der Waals surface area contributed by atoms with Gasteiger partial charge in [-0.1, -0.05) is 12.1 Å². The first kappa shape index (κ1) is 21.0. The van der Waals surface area contributed by atoms with Crippen LogP contribution >= 0.6 is 0 Å². The van der Waals surface area contributed by atoms with Gasteiger partial charge in [-0.3, -0.25) is 10.1 Å². The third kappa shape index (κ3) is 6.45. The largest absolute Gasteiger partial charge is 0.454 e. The molecule has 1 heterocycles.